The molecule has 0 atom stereocenters. The summed E-state index contributed by atoms with van der Waals surface area (Å²) in [5.74, 6) is 5.45. The molecule has 0 unspecified atom stereocenters. The lowest BCUT2D eigenvalue weighted by Crippen LogP contribution is -2.01. The second-order valence-electron chi connectivity index (χ2n) is 38.1. The molecule has 6 nitrogen and oxygen atoms in total. The van der Waals surface area contributed by atoms with Crippen LogP contribution in [0, 0.1) is 0 Å². The highest BCUT2D eigenvalue weighted by atomic mass is 16.5. The molecule has 0 aliphatic heterocycles. The number of unbranched alkanes of at least 4 members (excludes halogenated alkanes) is 54. The van der Waals surface area contributed by atoms with Crippen LogP contribution in [-0.2, 0) is 0 Å². The zero-order chi connectivity index (χ0) is 92.8. The van der Waals surface area contributed by atoms with Crippen LogP contribution in [0.2, 0.25) is 0 Å². The Morgan fingerprint density at radius 1 is 0.121 bits per heavy atom. The van der Waals surface area contributed by atoms with E-state index in [-0.39, 0.29) is 0 Å². The summed E-state index contributed by atoms with van der Waals surface area (Å²) in [5.41, 5.74) is 13.1. The molecule has 7 aromatic rings. The zero-order valence-corrected chi connectivity index (χ0v) is 84.9. The van der Waals surface area contributed by atoms with Gasteiger partial charge in [0.25, 0.3) is 0 Å². The maximum atomic E-state index is 6.49. The van der Waals surface area contributed by atoms with Crippen LogP contribution in [0.1, 0.15) is 494 Å². The highest BCUT2D eigenvalue weighted by Crippen LogP contribution is 2.39. The van der Waals surface area contributed by atoms with Gasteiger partial charge in [-0.25, -0.2) is 0 Å². The fourth-order valence-electron chi connectivity index (χ4n) is 17.8. The molecule has 132 heavy (non-hydrogen) atoms. The summed E-state index contributed by atoms with van der Waals surface area (Å²) in [6.45, 7) is 18.1. The van der Waals surface area contributed by atoms with E-state index in [2.05, 4.69) is 260 Å². The number of ether oxygens (including phenoxy) is 6. The van der Waals surface area contributed by atoms with Gasteiger partial charge in [-0.1, -0.05) is 534 Å². The van der Waals surface area contributed by atoms with Crippen molar-refractivity contribution < 1.29 is 28.4 Å². The average molecular weight is 1800 g/mol. The Balaban J connectivity index is 1.34. The summed E-state index contributed by atoms with van der Waals surface area (Å²) in [6, 6.07) is 52.5. The molecule has 0 aromatic heterocycles. The van der Waals surface area contributed by atoms with Crippen LogP contribution >= 0.6 is 0 Å². The van der Waals surface area contributed by atoms with Gasteiger partial charge in [0.15, 0.2) is 0 Å². The van der Waals surface area contributed by atoms with E-state index in [0.29, 0.717) is 0 Å². The van der Waals surface area contributed by atoms with Crippen molar-refractivity contribution in [3.8, 4) is 34.5 Å². The summed E-state index contributed by atoms with van der Waals surface area (Å²) < 4.78 is 38.9. The highest BCUT2D eigenvalue weighted by Gasteiger charge is 2.19. The molecule has 0 saturated carbocycles. The second-order valence-corrected chi connectivity index (χ2v) is 38.1. The Hall–Kier alpha value is -8.22. The molecule has 7 aromatic carbocycles. The lowest BCUT2D eigenvalue weighted by atomic mass is 9.84. The van der Waals surface area contributed by atoms with Gasteiger partial charge in [-0.15, -0.1) is 0 Å². The van der Waals surface area contributed by atoms with Crippen molar-refractivity contribution in [1.29, 1.82) is 0 Å². The third-order valence-electron chi connectivity index (χ3n) is 26.3. The highest BCUT2D eigenvalue weighted by molar-refractivity contribution is 5.99. The van der Waals surface area contributed by atoms with Gasteiger partial charge in [0.1, 0.15) is 34.5 Å². The summed E-state index contributed by atoms with van der Waals surface area (Å²) in [6.07, 6.45) is 106. The van der Waals surface area contributed by atoms with Gasteiger partial charge in [0.05, 0.1) is 39.6 Å². The number of hydrogen-bond donors (Lipinski definition) is 0. The topological polar surface area (TPSA) is 55.4 Å². The SMILES string of the molecule is CCCCCCCCCCCCOc1ccc(/C=C/c2c(/C=C/c3ccc(OCCCCCCCCCCCC)cc3)c(/C=C/c3ccc(OCCCCCCCCCCCC)cc3)c(/C=C/c3ccc(OCCCCCCCCCCCC)cc3)c(/C=C/c3ccc(OCCCCCCCCCCCC)cc3)c2/C=C/c2ccc(OCCCCCCCCCCCC)cc2)cc1. The molecular weight excluding hydrogens is 1610 g/mol. The van der Waals surface area contributed by atoms with Crippen LogP contribution in [0.5, 0.6) is 34.5 Å². The van der Waals surface area contributed by atoms with Crippen LogP contribution in [-0.4, -0.2) is 39.6 Å². The molecule has 6 heteroatoms. The quantitative estimate of drug-likeness (QED) is 0.0280. The lowest BCUT2D eigenvalue weighted by Gasteiger charge is -2.20. The molecule has 0 aliphatic rings. The van der Waals surface area contributed by atoms with Crippen LogP contribution < -0.4 is 28.4 Å². The third kappa shape index (κ3) is 52.6. The molecule has 0 radical (unpaired) electrons. The maximum Gasteiger partial charge on any atom is 0.119 e. The molecule has 0 amide bonds. The van der Waals surface area contributed by atoms with Crippen molar-refractivity contribution in [2.75, 3.05) is 39.6 Å². The van der Waals surface area contributed by atoms with Gasteiger partial charge in [-0.3, -0.25) is 0 Å². The Labute approximate surface area is 809 Å². The maximum absolute atomic E-state index is 6.49. The van der Waals surface area contributed by atoms with Crippen molar-refractivity contribution in [2.45, 2.75) is 427 Å². The van der Waals surface area contributed by atoms with Crippen LogP contribution in [0.15, 0.2) is 146 Å². The Morgan fingerprint density at radius 2 is 0.220 bits per heavy atom. The summed E-state index contributed by atoms with van der Waals surface area (Å²) in [4.78, 5) is 0. The van der Waals surface area contributed by atoms with Crippen LogP contribution in [0.3, 0.4) is 0 Å². The summed E-state index contributed by atoms with van der Waals surface area (Å²) in [7, 11) is 0. The molecular formula is C126H186O6. The monoisotopic (exact) mass is 1800 g/mol. The predicted octanol–water partition coefficient (Wildman–Crippen LogP) is 40.5. The second kappa shape index (κ2) is 77.0. The van der Waals surface area contributed by atoms with E-state index in [4.69, 9.17) is 28.4 Å². The van der Waals surface area contributed by atoms with Gasteiger partial charge in [-0.05, 0) is 178 Å². The molecule has 0 aliphatic carbocycles. The van der Waals surface area contributed by atoms with Crippen LogP contribution in [0.25, 0.3) is 72.9 Å². The molecule has 726 valence electrons. The lowest BCUT2D eigenvalue weighted by molar-refractivity contribution is 0.304. The first-order chi connectivity index (χ1) is 65.4. The summed E-state index contributed by atoms with van der Waals surface area (Å²) in [5, 5.41) is 0. The first-order valence-electron chi connectivity index (χ1n) is 55.1. The minimum absolute atomic E-state index is 0.725. The van der Waals surface area contributed by atoms with Gasteiger partial charge >= 0.3 is 0 Å². The van der Waals surface area contributed by atoms with E-state index in [1.807, 2.05) is 0 Å². The first kappa shape index (κ1) is 111. The fraction of sp³-hybridized carbons (Fsp3) is 0.571. The molecule has 0 saturated heterocycles. The van der Waals surface area contributed by atoms with Crippen molar-refractivity contribution in [2.24, 2.45) is 0 Å². The third-order valence-corrected chi connectivity index (χ3v) is 26.3. The van der Waals surface area contributed by atoms with Crippen LogP contribution in [0.4, 0.5) is 0 Å². The number of rotatable bonds is 84. The van der Waals surface area contributed by atoms with Gasteiger partial charge in [0, 0.05) is 0 Å². The molecule has 0 N–H and O–H groups in total. The smallest absolute Gasteiger partial charge is 0.119 e. The van der Waals surface area contributed by atoms with Crippen molar-refractivity contribution in [3.05, 3.63) is 212 Å². The molecule has 0 bridgehead atoms. The Morgan fingerprint density at radius 3 is 0.326 bits per heavy atom. The molecule has 0 heterocycles. The zero-order valence-electron chi connectivity index (χ0n) is 84.9. The van der Waals surface area contributed by atoms with Gasteiger partial charge in [-0.2, -0.15) is 0 Å². The van der Waals surface area contributed by atoms with E-state index in [9.17, 15) is 0 Å². The molecule has 0 fully saturated rings. The molecule has 7 rings (SSSR count). The van der Waals surface area contributed by atoms with E-state index < -0.39 is 0 Å². The largest absolute Gasteiger partial charge is 0.494 e. The van der Waals surface area contributed by atoms with E-state index in [0.717, 1.165) is 179 Å². The van der Waals surface area contributed by atoms with Crippen molar-refractivity contribution in [3.63, 3.8) is 0 Å². The average Bonchev–Trinajstić information content (AvgIpc) is 0.760. The minimum atomic E-state index is 0.725. The van der Waals surface area contributed by atoms with Gasteiger partial charge in [0.2, 0.25) is 0 Å². The number of benzene rings is 7. The van der Waals surface area contributed by atoms with E-state index >= 15 is 0 Å². The normalized spacial score (nSPS) is 11.9. The number of hydrogen-bond acceptors (Lipinski definition) is 6. The van der Waals surface area contributed by atoms with Crippen molar-refractivity contribution in [1.82, 2.24) is 0 Å². The van der Waals surface area contributed by atoms with Crippen molar-refractivity contribution >= 4 is 72.9 Å². The predicted molar refractivity (Wildman–Crippen MR) is 583 cm³/mol. The Kier molecular flexibility index (Phi) is 64.6. The van der Waals surface area contributed by atoms with Gasteiger partial charge < -0.3 is 28.4 Å². The first-order valence-corrected chi connectivity index (χ1v) is 55.1. The Bertz CT molecular complexity index is 3370. The minimum Gasteiger partial charge on any atom is -0.494 e. The summed E-state index contributed by atoms with van der Waals surface area (Å²) >= 11 is 0. The van der Waals surface area contributed by atoms with E-state index in [1.54, 1.807) is 0 Å². The van der Waals surface area contributed by atoms with E-state index in [1.165, 1.54) is 347 Å². The fourth-order valence-corrected chi connectivity index (χ4v) is 17.8. The standard InChI is InChI=1S/C126H186O6/c1-7-13-19-25-31-37-43-49-55-61-103-127-115-85-67-109(68-86-115)79-97-121-122(98-80-110-69-87-116(88-70-110)128-104-62-56-50-44-38-32-26-20-14-8-2)124(100-82-112-73-91-118(92-74-112)130-106-64-58-52-46-40-34-28-22-16-10-4)126(102-84-114-77-95-120(96-78-114)132-108-66-60-54-48-42-36-30-24-18-12-6)125(101-83-113-75-93-119(94-76-113)131-107-65-59-53-47-41-35-29-23-17-11-5)123(121)99-81-111-71-89-117(90-72-111)129-105-63-57-51-45-39-33-27-21-15-9-3/h67-102H,7-66,103-108H2,1-6H3/b97-79+,98-80+,99-81+,100-82+,101-83+,102-84+. The molecule has 0 spiro atoms.